The zero-order valence-corrected chi connectivity index (χ0v) is 9.49. The Hall–Kier alpha value is -1.62. The average molecular weight is 244 g/mol. The predicted molar refractivity (Wildman–Crippen MR) is 58.9 cm³/mol. The van der Waals surface area contributed by atoms with Crippen LogP contribution in [-0.4, -0.2) is 16.0 Å². The lowest BCUT2D eigenvalue weighted by Gasteiger charge is -2.10. The third-order valence-electron chi connectivity index (χ3n) is 2.37. The Kier molecular flexibility index (Phi) is 3.49. The van der Waals surface area contributed by atoms with Crippen LogP contribution in [0.1, 0.15) is 24.0 Å². The number of aryl methyl sites for hydroxylation is 1. The fraction of sp³-hybridized carbons (Fsp3) is 0.300. The molecule has 0 saturated carbocycles. The lowest BCUT2D eigenvalue weighted by molar-refractivity contribution is -0.384. The highest BCUT2D eigenvalue weighted by Crippen LogP contribution is 2.31. The summed E-state index contributed by atoms with van der Waals surface area (Å²) >= 11 is 5.71. The first kappa shape index (κ1) is 12.4. The molecule has 0 aliphatic carbocycles. The zero-order chi connectivity index (χ0) is 12.5. The average Bonchev–Trinajstić information content (AvgIpc) is 2.19. The van der Waals surface area contributed by atoms with E-state index in [1.54, 1.807) is 6.92 Å². The van der Waals surface area contributed by atoms with Gasteiger partial charge in [0.2, 0.25) is 0 Å². The lowest BCUT2D eigenvalue weighted by atomic mass is 9.96. The van der Waals surface area contributed by atoms with Crippen LogP contribution in [-0.2, 0) is 4.79 Å². The summed E-state index contributed by atoms with van der Waals surface area (Å²) in [6.07, 6.45) is 0. The van der Waals surface area contributed by atoms with Gasteiger partial charge >= 0.3 is 5.97 Å². The van der Waals surface area contributed by atoms with Crippen molar-refractivity contribution in [3.63, 3.8) is 0 Å². The first-order valence-corrected chi connectivity index (χ1v) is 4.89. The molecular formula is C10H10ClNO4. The minimum Gasteiger partial charge on any atom is -0.481 e. The summed E-state index contributed by atoms with van der Waals surface area (Å²) in [5.41, 5.74) is 0.828. The molecule has 0 spiro atoms. The van der Waals surface area contributed by atoms with Crippen LogP contribution in [0.4, 0.5) is 5.69 Å². The number of carbonyl (C=O) groups is 1. The second-order valence-corrected chi connectivity index (χ2v) is 3.88. The molecule has 1 aromatic rings. The molecule has 0 aromatic heterocycles. The molecule has 1 rings (SSSR count). The van der Waals surface area contributed by atoms with Crippen LogP contribution in [0, 0.1) is 17.0 Å². The molecule has 1 aromatic carbocycles. The number of rotatable bonds is 3. The minimum atomic E-state index is -0.993. The maximum atomic E-state index is 10.8. The van der Waals surface area contributed by atoms with E-state index in [0.29, 0.717) is 11.1 Å². The normalized spacial score (nSPS) is 12.2. The molecule has 1 unspecified atom stereocenters. The second kappa shape index (κ2) is 4.49. The van der Waals surface area contributed by atoms with E-state index < -0.39 is 16.8 Å². The van der Waals surface area contributed by atoms with Crippen molar-refractivity contribution in [3.8, 4) is 0 Å². The summed E-state index contributed by atoms with van der Waals surface area (Å²) in [4.78, 5) is 20.8. The number of carboxylic acid groups (broad SMARTS) is 1. The Morgan fingerprint density at radius 3 is 2.56 bits per heavy atom. The number of benzene rings is 1. The van der Waals surface area contributed by atoms with Gasteiger partial charge in [0.1, 0.15) is 5.02 Å². The van der Waals surface area contributed by atoms with Gasteiger partial charge in [-0.15, -0.1) is 0 Å². The SMILES string of the molecule is Cc1cc([N+](=O)[O-])c(Cl)cc1C(C)C(=O)O. The van der Waals surface area contributed by atoms with Crippen LogP contribution in [0.5, 0.6) is 0 Å². The molecule has 0 aliphatic rings. The summed E-state index contributed by atoms with van der Waals surface area (Å²) in [5, 5.41) is 19.4. The summed E-state index contributed by atoms with van der Waals surface area (Å²) in [6, 6.07) is 2.63. The van der Waals surface area contributed by atoms with Gasteiger partial charge in [0, 0.05) is 6.07 Å². The van der Waals surface area contributed by atoms with Gasteiger partial charge in [0.25, 0.3) is 5.69 Å². The van der Waals surface area contributed by atoms with E-state index >= 15 is 0 Å². The molecule has 1 atom stereocenters. The van der Waals surface area contributed by atoms with E-state index in [0.717, 1.165) is 0 Å². The summed E-state index contributed by atoms with van der Waals surface area (Å²) < 4.78 is 0. The molecule has 0 radical (unpaired) electrons. The van der Waals surface area contributed by atoms with Gasteiger partial charge in [0.15, 0.2) is 0 Å². The Balaban J connectivity index is 3.31. The number of halogens is 1. The number of hydrogen-bond donors (Lipinski definition) is 1. The monoisotopic (exact) mass is 243 g/mol. The highest BCUT2D eigenvalue weighted by molar-refractivity contribution is 6.32. The van der Waals surface area contributed by atoms with Crippen molar-refractivity contribution in [2.75, 3.05) is 0 Å². The van der Waals surface area contributed by atoms with Crippen LogP contribution in [0.15, 0.2) is 12.1 Å². The van der Waals surface area contributed by atoms with Crippen LogP contribution in [0.2, 0.25) is 5.02 Å². The first-order valence-electron chi connectivity index (χ1n) is 4.51. The molecule has 0 saturated heterocycles. The van der Waals surface area contributed by atoms with Gasteiger partial charge in [-0.2, -0.15) is 0 Å². The number of nitro benzene ring substituents is 1. The minimum absolute atomic E-state index is 0.0429. The molecule has 0 fully saturated rings. The Labute approximate surface area is 96.8 Å². The number of nitrogens with zero attached hydrogens (tertiary/aromatic N) is 1. The molecule has 0 aliphatic heterocycles. The van der Waals surface area contributed by atoms with Crippen LogP contribution in [0.3, 0.4) is 0 Å². The Bertz CT molecular complexity index is 458. The van der Waals surface area contributed by atoms with Crippen LogP contribution in [0.25, 0.3) is 0 Å². The highest BCUT2D eigenvalue weighted by Gasteiger charge is 2.21. The third-order valence-corrected chi connectivity index (χ3v) is 2.67. The van der Waals surface area contributed by atoms with E-state index in [1.165, 1.54) is 19.1 Å². The summed E-state index contributed by atoms with van der Waals surface area (Å²) in [6.45, 7) is 3.13. The van der Waals surface area contributed by atoms with Crippen molar-refractivity contribution in [1.29, 1.82) is 0 Å². The third kappa shape index (κ3) is 2.30. The molecule has 0 heterocycles. The Morgan fingerprint density at radius 1 is 1.56 bits per heavy atom. The van der Waals surface area contributed by atoms with Gasteiger partial charge in [-0.3, -0.25) is 14.9 Å². The number of nitro groups is 1. The maximum Gasteiger partial charge on any atom is 0.310 e. The van der Waals surface area contributed by atoms with Crippen molar-refractivity contribution in [2.24, 2.45) is 0 Å². The molecular weight excluding hydrogens is 234 g/mol. The molecule has 1 N–H and O–H groups in total. The fourth-order valence-electron chi connectivity index (χ4n) is 1.42. The smallest absolute Gasteiger partial charge is 0.310 e. The largest absolute Gasteiger partial charge is 0.481 e. The fourth-order valence-corrected chi connectivity index (χ4v) is 1.66. The number of aliphatic carboxylic acids is 1. The summed E-state index contributed by atoms with van der Waals surface area (Å²) in [5.74, 6) is -1.73. The molecule has 6 heteroatoms. The second-order valence-electron chi connectivity index (χ2n) is 3.48. The van der Waals surface area contributed by atoms with E-state index in [1.807, 2.05) is 0 Å². The number of hydrogen-bond acceptors (Lipinski definition) is 3. The van der Waals surface area contributed by atoms with Crippen molar-refractivity contribution in [2.45, 2.75) is 19.8 Å². The molecule has 16 heavy (non-hydrogen) atoms. The molecule has 0 amide bonds. The predicted octanol–water partition coefficient (Wildman–Crippen LogP) is 2.74. The highest BCUT2D eigenvalue weighted by atomic mass is 35.5. The molecule has 86 valence electrons. The standard InChI is InChI=1S/C10H10ClNO4/c1-5-3-9(12(15)16)8(11)4-7(5)6(2)10(13)14/h3-4,6H,1-2H3,(H,13,14). The van der Waals surface area contributed by atoms with Gasteiger partial charge < -0.3 is 5.11 Å². The molecule has 0 bridgehead atoms. The van der Waals surface area contributed by atoms with Gasteiger partial charge in [-0.25, -0.2) is 0 Å². The van der Waals surface area contributed by atoms with Gasteiger partial charge in [-0.1, -0.05) is 11.6 Å². The van der Waals surface area contributed by atoms with E-state index in [2.05, 4.69) is 0 Å². The molecule has 5 nitrogen and oxygen atoms in total. The van der Waals surface area contributed by atoms with Crippen molar-refractivity contribution in [3.05, 3.63) is 38.4 Å². The van der Waals surface area contributed by atoms with Crippen LogP contribution < -0.4 is 0 Å². The quantitative estimate of drug-likeness (QED) is 0.654. The van der Waals surface area contributed by atoms with Crippen LogP contribution >= 0.6 is 11.6 Å². The van der Waals surface area contributed by atoms with E-state index in [9.17, 15) is 14.9 Å². The summed E-state index contributed by atoms with van der Waals surface area (Å²) in [7, 11) is 0. The van der Waals surface area contributed by atoms with Crippen molar-refractivity contribution < 1.29 is 14.8 Å². The van der Waals surface area contributed by atoms with E-state index in [-0.39, 0.29) is 10.7 Å². The van der Waals surface area contributed by atoms with E-state index in [4.69, 9.17) is 16.7 Å². The topological polar surface area (TPSA) is 80.4 Å². The maximum absolute atomic E-state index is 10.8. The van der Waals surface area contributed by atoms with Gasteiger partial charge in [0.05, 0.1) is 10.8 Å². The van der Waals surface area contributed by atoms with Gasteiger partial charge in [-0.05, 0) is 31.0 Å². The zero-order valence-electron chi connectivity index (χ0n) is 8.73. The van der Waals surface area contributed by atoms with Crippen molar-refractivity contribution >= 4 is 23.3 Å². The van der Waals surface area contributed by atoms with Crippen molar-refractivity contribution in [1.82, 2.24) is 0 Å². The first-order chi connectivity index (χ1) is 7.34. The Morgan fingerprint density at radius 2 is 2.12 bits per heavy atom. The lowest BCUT2D eigenvalue weighted by Crippen LogP contribution is -2.09. The number of carboxylic acids is 1.